The van der Waals surface area contributed by atoms with Crippen molar-refractivity contribution < 1.29 is 0 Å². The molecule has 3 heterocycles. The van der Waals surface area contributed by atoms with E-state index in [1.807, 2.05) is 12.4 Å². The van der Waals surface area contributed by atoms with E-state index in [0.29, 0.717) is 29.2 Å². The Morgan fingerprint density at radius 3 is 2.75 bits per heavy atom. The largest absolute Gasteiger partial charge is 0.397 e. The van der Waals surface area contributed by atoms with Crippen LogP contribution in [0.5, 0.6) is 0 Å². The summed E-state index contributed by atoms with van der Waals surface area (Å²) in [5, 5.41) is 13.5. The third-order valence-electron chi connectivity index (χ3n) is 9.25. The lowest BCUT2D eigenvalue weighted by atomic mass is 10.0. The molecule has 1 unspecified atom stereocenters. The van der Waals surface area contributed by atoms with Crippen molar-refractivity contribution in [2.75, 3.05) is 0 Å². The van der Waals surface area contributed by atoms with E-state index in [1.165, 1.54) is 50.3 Å². The summed E-state index contributed by atoms with van der Waals surface area (Å²) in [4.78, 5) is 7.95. The number of H-pyrrole nitrogens is 1. The molecule has 1 aromatic heterocycles. The van der Waals surface area contributed by atoms with Crippen molar-refractivity contribution in [1.82, 2.24) is 25.9 Å². The predicted octanol–water partition coefficient (Wildman–Crippen LogP) is 3.66. The molecule has 2 saturated heterocycles. The minimum Gasteiger partial charge on any atom is -0.397 e. The van der Waals surface area contributed by atoms with Gasteiger partial charge in [-0.05, 0) is 91.3 Å². The second-order valence-corrected chi connectivity index (χ2v) is 11.9. The summed E-state index contributed by atoms with van der Waals surface area (Å²) in [5.74, 6) is 8.40. The van der Waals surface area contributed by atoms with E-state index in [4.69, 9.17) is 5.73 Å². The number of hydrogen-bond acceptors (Lipinski definition) is 5. The Morgan fingerprint density at radius 2 is 1.92 bits per heavy atom. The summed E-state index contributed by atoms with van der Waals surface area (Å²) in [6.45, 7) is 0. The molecule has 6 nitrogen and oxygen atoms in total. The van der Waals surface area contributed by atoms with Crippen molar-refractivity contribution in [3.63, 3.8) is 0 Å². The van der Waals surface area contributed by atoms with E-state index in [2.05, 4.69) is 74.2 Å². The Labute approximate surface area is 211 Å². The van der Waals surface area contributed by atoms with Gasteiger partial charge in [-0.3, -0.25) is 0 Å². The number of nitrogens with zero attached hydrogens (tertiary/aromatic N) is 1. The normalized spacial score (nSPS) is 32.9. The van der Waals surface area contributed by atoms with Crippen LogP contribution in [-0.4, -0.2) is 33.1 Å². The molecule has 0 radical (unpaired) electrons. The van der Waals surface area contributed by atoms with Crippen LogP contribution in [0.25, 0.3) is 16.5 Å². The van der Waals surface area contributed by atoms with E-state index >= 15 is 0 Å². The second-order valence-electron chi connectivity index (χ2n) is 11.9. The number of piperidine rings is 1. The lowest BCUT2D eigenvalue weighted by molar-refractivity contribution is 0.496. The highest BCUT2D eigenvalue weighted by Gasteiger charge is 2.64. The number of nitrogens with two attached hydrogens (primary N) is 1. The van der Waals surface area contributed by atoms with Crippen LogP contribution in [-0.2, 0) is 0 Å². The van der Waals surface area contributed by atoms with E-state index in [-0.39, 0.29) is 0 Å². The first-order valence-electron chi connectivity index (χ1n) is 13.4. The molecule has 5 atom stereocenters. The highest BCUT2D eigenvalue weighted by atomic mass is 15.2. The standard InChI is InChI=1S/C30H32N6/c31-24(17-32-27-15-30(27)10-9-29(36-30)7-8-29)21-5-4-19-11-18(1-3-20(19)12-21)2-6-23-16-33-28(34-23)26-14-22-13-25(22)35-26/h1,3-5,11-12,16-17,22,25-27,32,35-36H,7-10,13-15,31H2,(H,33,34)/b24-17-/t22-,25-,26+,27?,30+/m1/s1. The Hall–Kier alpha value is -3.27. The first kappa shape index (κ1) is 20.9. The van der Waals surface area contributed by atoms with Gasteiger partial charge in [-0.1, -0.05) is 24.1 Å². The van der Waals surface area contributed by atoms with Crippen LogP contribution in [0.2, 0.25) is 0 Å². The SMILES string of the molecule is N/C(=C\NC1C[C@@]12CCC1(CC1)N2)c1ccc2cc(C#Cc3cnc([C@@H]4C[C@H]5C[C@H]5N4)[nH]3)ccc2c1. The number of hydrogen-bond donors (Lipinski definition) is 5. The van der Waals surface area contributed by atoms with Crippen molar-refractivity contribution in [2.45, 2.75) is 74.1 Å². The molecule has 2 spiro atoms. The summed E-state index contributed by atoms with van der Waals surface area (Å²) in [5.41, 5.74) is 11.0. The molecule has 5 aliphatic rings. The zero-order valence-electron chi connectivity index (χ0n) is 20.4. The van der Waals surface area contributed by atoms with Crippen LogP contribution in [0.1, 0.15) is 73.6 Å². The number of aromatic amines is 1. The van der Waals surface area contributed by atoms with Gasteiger partial charge in [0.2, 0.25) is 0 Å². The smallest absolute Gasteiger partial charge is 0.124 e. The van der Waals surface area contributed by atoms with Crippen LogP contribution >= 0.6 is 0 Å². The number of fused-ring (bicyclic) bond motifs is 2. The summed E-state index contributed by atoms with van der Waals surface area (Å²) in [6.07, 6.45) is 12.9. The number of rotatable bonds is 4. The second kappa shape index (κ2) is 7.38. The molecule has 2 aromatic carbocycles. The molecule has 8 rings (SSSR count). The Balaban J connectivity index is 0.940. The molecule has 182 valence electrons. The van der Waals surface area contributed by atoms with Crippen LogP contribution in [0.3, 0.4) is 0 Å². The van der Waals surface area contributed by atoms with Gasteiger partial charge in [0.05, 0.1) is 17.9 Å². The number of benzene rings is 2. The molecule has 0 amide bonds. The van der Waals surface area contributed by atoms with Crippen LogP contribution in [0, 0.1) is 17.8 Å². The van der Waals surface area contributed by atoms with Crippen molar-refractivity contribution >= 4 is 16.5 Å². The van der Waals surface area contributed by atoms with E-state index in [9.17, 15) is 0 Å². The molecule has 5 fully saturated rings. The van der Waals surface area contributed by atoms with Gasteiger partial charge in [0, 0.05) is 34.9 Å². The third-order valence-corrected chi connectivity index (χ3v) is 9.25. The van der Waals surface area contributed by atoms with Crippen LogP contribution in [0.4, 0.5) is 0 Å². The highest BCUT2D eigenvalue weighted by molar-refractivity contribution is 5.87. The maximum absolute atomic E-state index is 6.46. The Morgan fingerprint density at radius 1 is 1.06 bits per heavy atom. The first-order chi connectivity index (χ1) is 17.6. The monoisotopic (exact) mass is 476 g/mol. The molecule has 3 aliphatic carbocycles. The fraction of sp³-hybridized carbons (Fsp3) is 0.433. The molecule has 0 bridgehead atoms. The number of nitrogens with one attached hydrogen (secondary N) is 4. The van der Waals surface area contributed by atoms with Crippen LogP contribution in [0.15, 0.2) is 48.8 Å². The van der Waals surface area contributed by atoms with Gasteiger partial charge < -0.3 is 26.7 Å². The van der Waals surface area contributed by atoms with Gasteiger partial charge >= 0.3 is 0 Å². The quantitative estimate of drug-likeness (QED) is 0.371. The van der Waals surface area contributed by atoms with Gasteiger partial charge in [0.25, 0.3) is 0 Å². The van der Waals surface area contributed by atoms with Crippen molar-refractivity contribution in [3.8, 4) is 11.8 Å². The van der Waals surface area contributed by atoms with E-state index in [0.717, 1.165) is 39.6 Å². The van der Waals surface area contributed by atoms with E-state index < -0.39 is 0 Å². The average molecular weight is 477 g/mol. The topological polar surface area (TPSA) is 90.8 Å². The molecule has 3 saturated carbocycles. The fourth-order valence-corrected chi connectivity index (χ4v) is 6.60. The molecule has 2 aliphatic heterocycles. The van der Waals surface area contributed by atoms with Gasteiger partial charge in [-0.25, -0.2) is 4.98 Å². The molecule has 3 aromatic rings. The summed E-state index contributed by atoms with van der Waals surface area (Å²) >= 11 is 0. The van der Waals surface area contributed by atoms with Gasteiger partial charge in [-0.2, -0.15) is 0 Å². The van der Waals surface area contributed by atoms with E-state index in [1.54, 1.807) is 0 Å². The van der Waals surface area contributed by atoms with Gasteiger partial charge in [0.15, 0.2) is 0 Å². The predicted molar refractivity (Wildman–Crippen MR) is 142 cm³/mol. The zero-order valence-corrected chi connectivity index (χ0v) is 20.4. The van der Waals surface area contributed by atoms with Crippen molar-refractivity contribution in [3.05, 3.63) is 71.4 Å². The molecular weight excluding hydrogens is 444 g/mol. The molecule has 6 N–H and O–H groups in total. The van der Waals surface area contributed by atoms with Gasteiger partial charge in [-0.15, -0.1) is 0 Å². The van der Waals surface area contributed by atoms with Crippen molar-refractivity contribution in [1.29, 1.82) is 0 Å². The fourth-order valence-electron chi connectivity index (χ4n) is 6.60. The lowest BCUT2D eigenvalue weighted by Gasteiger charge is -2.13. The number of aromatic nitrogens is 2. The maximum Gasteiger partial charge on any atom is 0.124 e. The third kappa shape index (κ3) is 3.61. The summed E-state index contributed by atoms with van der Waals surface area (Å²) < 4.78 is 0. The first-order valence-corrected chi connectivity index (χ1v) is 13.4. The molecule has 36 heavy (non-hydrogen) atoms. The Kier molecular flexibility index (Phi) is 4.28. The number of imidazole rings is 1. The highest BCUT2D eigenvalue weighted by Crippen LogP contribution is 2.56. The molecular formula is C30H32N6. The van der Waals surface area contributed by atoms with Crippen LogP contribution < -0.4 is 21.7 Å². The minimum absolute atomic E-state index is 0.319. The minimum atomic E-state index is 0.319. The Bertz CT molecular complexity index is 1460. The summed E-state index contributed by atoms with van der Waals surface area (Å²) in [7, 11) is 0. The van der Waals surface area contributed by atoms with Gasteiger partial charge in [0.1, 0.15) is 11.5 Å². The van der Waals surface area contributed by atoms with Crippen molar-refractivity contribution in [2.24, 2.45) is 11.7 Å². The zero-order chi connectivity index (χ0) is 23.9. The summed E-state index contributed by atoms with van der Waals surface area (Å²) in [6, 6.07) is 14.3. The lowest BCUT2D eigenvalue weighted by Crippen LogP contribution is -2.38. The average Bonchev–Trinajstić information content (AvgIpc) is 3.81. The maximum atomic E-state index is 6.46. The molecule has 6 heteroatoms.